The molecule has 166 valence electrons. The molecule has 1 heterocycles. The minimum Gasteiger partial charge on any atom is -0.497 e. The topological polar surface area (TPSA) is 67.9 Å². The molecule has 3 rings (SSSR count). The van der Waals surface area contributed by atoms with E-state index in [2.05, 4.69) is 5.32 Å². The highest BCUT2D eigenvalue weighted by Crippen LogP contribution is 2.35. The number of amides is 2. The average molecular weight is 436 g/mol. The van der Waals surface area contributed by atoms with E-state index in [1.165, 1.54) is 31.3 Å². The first-order valence-corrected chi connectivity index (χ1v) is 9.69. The number of hydrogen-bond donors (Lipinski definition) is 1. The molecule has 0 saturated carbocycles. The molecule has 6 nitrogen and oxygen atoms in total. The molecule has 2 aromatic carbocycles. The van der Waals surface area contributed by atoms with E-state index in [-0.39, 0.29) is 31.3 Å². The van der Waals surface area contributed by atoms with Gasteiger partial charge in [-0.05, 0) is 36.2 Å². The van der Waals surface area contributed by atoms with Gasteiger partial charge in [-0.2, -0.15) is 13.2 Å². The minimum absolute atomic E-state index is 0.0707. The Bertz CT molecular complexity index is 945. The summed E-state index contributed by atoms with van der Waals surface area (Å²) in [5, 5.41) is 2.77. The summed E-state index contributed by atoms with van der Waals surface area (Å²) in [6.45, 7) is 0.481. The molecule has 1 unspecified atom stereocenters. The maximum absolute atomic E-state index is 12.6. The highest BCUT2D eigenvalue weighted by molar-refractivity contribution is 6.01. The zero-order valence-corrected chi connectivity index (χ0v) is 17.2. The number of rotatable bonds is 7. The number of ether oxygens (including phenoxy) is 2. The monoisotopic (exact) mass is 436 g/mol. The van der Waals surface area contributed by atoms with Crippen LogP contribution in [0.1, 0.15) is 17.5 Å². The van der Waals surface area contributed by atoms with Crippen molar-refractivity contribution in [2.45, 2.75) is 19.0 Å². The molecule has 1 saturated heterocycles. The van der Waals surface area contributed by atoms with Crippen LogP contribution < -0.4 is 19.7 Å². The third-order valence-corrected chi connectivity index (χ3v) is 5.17. The van der Waals surface area contributed by atoms with Crippen molar-refractivity contribution in [1.29, 1.82) is 0 Å². The van der Waals surface area contributed by atoms with Gasteiger partial charge < -0.3 is 19.7 Å². The van der Waals surface area contributed by atoms with Crippen LogP contribution >= 0.6 is 0 Å². The van der Waals surface area contributed by atoms with Gasteiger partial charge in [-0.15, -0.1) is 0 Å². The molecule has 0 radical (unpaired) electrons. The van der Waals surface area contributed by atoms with E-state index in [1.54, 1.807) is 18.2 Å². The lowest BCUT2D eigenvalue weighted by molar-refractivity contribution is -0.137. The van der Waals surface area contributed by atoms with Crippen LogP contribution in [0.25, 0.3) is 0 Å². The summed E-state index contributed by atoms with van der Waals surface area (Å²) in [6, 6.07) is 9.92. The molecule has 0 aliphatic carbocycles. The Labute approximate surface area is 177 Å². The number of methoxy groups -OCH3 is 2. The number of halogens is 3. The number of anilines is 1. The maximum Gasteiger partial charge on any atom is 0.416 e. The van der Waals surface area contributed by atoms with E-state index in [1.807, 2.05) is 0 Å². The molecule has 1 aliphatic rings. The van der Waals surface area contributed by atoms with Crippen molar-refractivity contribution < 1.29 is 32.2 Å². The van der Waals surface area contributed by atoms with Gasteiger partial charge in [-0.3, -0.25) is 9.59 Å². The van der Waals surface area contributed by atoms with E-state index in [4.69, 9.17) is 9.47 Å². The molecule has 1 N–H and O–H groups in total. The summed E-state index contributed by atoms with van der Waals surface area (Å²) in [5.41, 5.74) is 0.535. The standard InChI is InChI=1S/C22H23F3N2O4/c1-30-17-7-8-18(19(12-17)31-2)27-13-15(11-20(27)28)21(29)26-10-9-14-3-5-16(6-4-14)22(23,24)25/h3-8,12,15H,9-11,13H2,1-2H3,(H,26,29). The predicted octanol–water partition coefficient (Wildman–Crippen LogP) is 3.43. The number of carbonyl (C=O) groups excluding carboxylic acids is 2. The van der Waals surface area contributed by atoms with Crippen molar-refractivity contribution in [3.8, 4) is 11.5 Å². The largest absolute Gasteiger partial charge is 0.497 e. The molecule has 2 aromatic rings. The molecule has 9 heteroatoms. The first-order valence-electron chi connectivity index (χ1n) is 9.69. The van der Waals surface area contributed by atoms with Crippen LogP contribution in [-0.4, -0.2) is 39.1 Å². The van der Waals surface area contributed by atoms with Crippen LogP contribution in [0.3, 0.4) is 0 Å². The highest BCUT2D eigenvalue weighted by Gasteiger charge is 2.36. The Kier molecular flexibility index (Phi) is 6.72. The lowest BCUT2D eigenvalue weighted by atomic mass is 10.1. The van der Waals surface area contributed by atoms with Gasteiger partial charge in [0.15, 0.2) is 0 Å². The Morgan fingerprint density at radius 1 is 1.13 bits per heavy atom. The fourth-order valence-electron chi connectivity index (χ4n) is 3.46. The molecule has 31 heavy (non-hydrogen) atoms. The number of hydrogen-bond acceptors (Lipinski definition) is 4. The van der Waals surface area contributed by atoms with Gasteiger partial charge >= 0.3 is 6.18 Å². The Morgan fingerprint density at radius 3 is 2.45 bits per heavy atom. The predicted molar refractivity (Wildman–Crippen MR) is 108 cm³/mol. The zero-order chi connectivity index (χ0) is 22.6. The maximum atomic E-state index is 12.6. The second-order valence-electron chi connectivity index (χ2n) is 7.18. The van der Waals surface area contributed by atoms with Gasteiger partial charge in [-0.25, -0.2) is 0 Å². The van der Waals surface area contributed by atoms with Crippen molar-refractivity contribution in [2.24, 2.45) is 5.92 Å². The Balaban J connectivity index is 1.56. The van der Waals surface area contributed by atoms with Crippen molar-refractivity contribution in [3.63, 3.8) is 0 Å². The van der Waals surface area contributed by atoms with Crippen LogP contribution in [0, 0.1) is 5.92 Å². The van der Waals surface area contributed by atoms with E-state index < -0.39 is 17.7 Å². The van der Waals surface area contributed by atoms with Gasteiger partial charge in [-0.1, -0.05) is 12.1 Å². The molecule has 1 atom stereocenters. The molecule has 0 spiro atoms. The fourth-order valence-corrected chi connectivity index (χ4v) is 3.46. The number of nitrogens with one attached hydrogen (secondary N) is 1. The molecule has 0 bridgehead atoms. The van der Waals surface area contributed by atoms with Gasteiger partial charge in [0, 0.05) is 25.6 Å². The van der Waals surface area contributed by atoms with E-state index >= 15 is 0 Å². The third-order valence-electron chi connectivity index (χ3n) is 5.17. The lowest BCUT2D eigenvalue weighted by Gasteiger charge is -2.20. The summed E-state index contributed by atoms with van der Waals surface area (Å²) in [5.74, 6) is 0.0781. The molecule has 1 aliphatic heterocycles. The van der Waals surface area contributed by atoms with E-state index in [0.29, 0.717) is 29.2 Å². The second-order valence-corrected chi connectivity index (χ2v) is 7.18. The van der Waals surface area contributed by atoms with Crippen LogP contribution in [0.15, 0.2) is 42.5 Å². The summed E-state index contributed by atoms with van der Waals surface area (Å²) < 4.78 is 48.4. The van der Waals surface area contributed by atoms with Crippen LogP contribution in [0.4, 0.5) is 18.9 Å². The van der Waals surface area contributed by atoms with Crippen molar-refractivity contribution in [1.82, 2.24) is 5.32 Å². The first kappa shape index (κ1) is 22.5. The number of carbonyl (C=O) groups is 2. The van der Waals surface area contributed by atoms with Gasteiger partial charge in [0.2, 0.25) is 11.8 Å². The summed E-state index contributed by atoms with van der Waals surface area (Å²) in [6.07, 6.45) is -3.91. The number of benzene rings is 2. The van der Waals surface area contributed by atoms with Crippen LogP contribution in [-0.2, 0) is 22.2 Å². The third kappa shape index (κ3) is 5.28. The molecule has 2 amide bonds. The number of alkyl halides is 3. The van der Waals surface area contributed by atoms with E-state index in [0.717, 1.165) is 12.1 Å². The van der Waals surface area contributed by atoms with Crippen LogP contribution in [0.5, 0.6) is 11.5 Å². The highest BCUT2D eigenvalue weighted by atomic mass is 19.4. The summed E-state index contributed by atoms with van der Waals surface area (Å²) in [4.78, 5) is 26.5. The first-order chi connectivity index (χ1) is 14.7. The van der Waals surface area contributed by atoms with Gasteiger partial charge in [0.1, 0.15) is 11.5 Å². The molecular weight excluding hydrogens is 413 g/mol. The molecular formula is C22H23F3N2O4. The SMILES string of the molecule is COc1ccc(N2CC(C(=O)NCCc3ccc(C(F)(F)F)cc3)CC2=O)c(OC)c1. The molecule has 1 fully saturated rings. The molecule has 0 aromatic heterocycles. The smallest absolute Gasteiger partial charge is 0.416 e. The Hall–Kier alpha value is -3.23. The zero-order valence-electron chi connectivity index (χ0n) is 17.2. The summed E-state index contributed by atoms with van der Waals surface area (Å²) >= 11 is 0. The van der Waals surface area contributed by atoms with Crippen molar-refractivity contribution in [2.75, 3.05) is 32.2 Å². The normalized spacial score (nSPS) is 16.4. The fraction of sp³-hybridized carbons (Fsp3) is 0.364. The van der Waals surface area contributed by atoms with Crippen molar-refractivity contribution >= 4 is 17.5 Å². The quantitative estimate of drug-likeness (QED) is 0.722. The average Bonchev–Trinajstić information content (AvgIpc) is 3.14. The van der Waals surface area contributed by atoms with Gasteiger partial charge in [0.05, 0.1) is 31.4 Å². The minimum atomic E-state index is -4.37. The van der Waals surface area contributed by atoms with Gasteiger partial charge in [0.25, 0.3) is 0 Å². The lowest BCUT2D eigenvalue weighted by Crippen LogP contribution is -2.34. The van der Waals surface area contributed by atoms with Crippen LogP contribution in [0.2, 0.25) is 0 Å². The Morgan fingerprint density at radius 2 is 1.84 bits per heavy atom. The van der Waals surface area contributed by atoms with E-state index in [9.17, 15) is 22.8 Å². The second kappa shape index (κ2) is 9.28. The number of nitrogens with zero attached hydrogens (tertiary/aromatic N) is 1. The van der Waals surface area contributed by atoms with Crippen molar-refractivity contribution in [3.05, 3.63) is 53.6 Å². The summed E-state index contributed by atoms with van der Waals surface area (Å²) in [7, 11) is 3.02.